The number of benzene rings is 1. The Morgan fingerprint density at radius 3 is 2.71 bits per heavy atom. The van der Waals surface area contributed by atoms with E-state index in [0.29, 0.717) is 13.1 Å². The van der Waals surface area contributed by atoms with Crippen molar-refractivity contribution < 1.29 is 18.3 Å². The van der Waals surface area contributed by atoms with Crippen LogP contribution >= 0.6 is 0 Å². The number of carbonyl (C=O) groups excluding carboxylic acids is 1. The molecule has 1 amide bonds. The van der Waals surface area contributed by atoms with Gasteiger partial charge in [-0.25, -0.2) is 0 Å². The normalized spacial score (nSPS) is 10.4. The molecule has 4 nitrogen and oxygen atoms in total. The molecular weight excluding hydrogens is 230 g/mol. The summed E-state index contributed by atoms with van der Waals surface area (Å²) >= 11 is 0. The van der Waals surface area contributed by atoms with Crippen molar-refractivity contribution in [1.82, 2.24) is 4.90 Å². The number of hydrogen-bond acceptors (Lipinski definition) is 3. The van der Waals surface area contributed by atoms with E-state index in [-0.39, 0.29) is 11.3 Å². The molecule has 1 aromatic carbocycles. The largest absolute Gasteiger partial charge is 0.434 e. The lowest BCUT2D eigenvalue weighted by atomic mass is 10.2. The van der Waals surface area contributed by atoms with Gasteiger partial charge < -0.3 is 15.4 Å². The third-order valence-electron chi connectivity index (χ3n) is 2.14. The molecule has 0 heterocycles. The van der Waals surface area contributed by atoms with E-state index < -0.39 is 12.5 Å². The minimum absolute atomic E-state index is 0.101. The van der Waals surface area contributed by atoms with Gasteiger partial charge in [-0.2, -0.15) is 8.78 Å². The summed E-state index contributed by atoms with van der Waals surface area (Å²) in [4.78, 5) is 13.2. The fraction of sp³-hybridized carbons (Fsp3) is 0.364. The number of halogens is 2. The van der Waals surface area contributed by atoms with Crippen LogP contribution in [-0.2, 0) is 0 Å². The molecular formula is C11H14F2N2O2. The van der Waals surface area contributed by atoms with Crippen molar-refractivity contribution in [3.05, 3.63) is 29.8 Å². The van der Waals surface area contributed by atoms with Gasteiger partial charge in [0.25, 0.3) is 5.91 Å². The summed E-state index contributed by atoms with van der Waals surface area (Å²) in [5.41, 5.74) is 5.42. The number of ether oxygens (including phenoxy) is 1. The van der Waals surface area contributed by atoms with Gasteiger partial charge in [-0.05, 0) is 12.1 Å². The first-order valence-electron chi connectivity index (χ1n) is 5.05. The molecule has 0 bridgehead atoms. The molecule has 0 aromatic heterocycles. The average Bonchev–Trinajstić information content (AvgIpc) is 2.28. The third kappa shape index (κ3) is 3.67. The van der Waals surface area contributed by atoms with E-state index in [0.717, 1.165) is 0 Å². The highest BCUT2D eigenvalue weighted by atomic mass is 19.3. The molecule has 17 heavy (non-hydrogen) atoms. The van der Waals surface area contributed by atoms with Gasteiger partial charge >= 0.3 is 6.61 Å². The number of carbonyl (C=O) groups is 1. The van der Waals surface area contributed by atoms with E-state index >= 15 is 0 Å². The lowest BCUT2D eigenvalue weighted by Crippen LogP contribution is -2.32. The van der Waals surface area contributed by atoms with Crippen LogP contribution in [0.3, 0.4) is 0 Å². The Labute approximate surface area is 98.0 Å². The number of hydrogen-bond donors (Lipinski definition) is 1. The fourth-order valence-corrected chi connectivity index (χ4v) is 1.34. The second-order valence-electron chi connectivity index (χ2n) is 3.39. The summed E-state index contributed by atoms with van der Waals surface area (Å²) in [6.07, 6.45) is 0. The first-order chi connectivity index (χ1) is 8.06. The van der Waals surface area contributed by atoms with Gasteiger partial charge in [-0.3, -0.25) is 4.79 Å². The molecule has 1 aromatic rings. The number of rotatable bonds is 5. The van der Waals surface area contributed by atoms with E-state index in [2.05, 4.69) is 4.74 Å². The molecule has 6 heteroatoms. The smallest absolute Gasteiger partial charge is 0.387 e. The molecule has 0 saturated heterocycles. The Bertz CT molecular complexity index is 385. The van der Waals surface area contributed by atoms with Gasteiger partial charge in [-0.15, -0.1) is 0 Å². The lowest BCUT2D eigenvalue weighted by molar-refractivity contribution is -0.0502. The molecule has 0 aliphatic heterocycles. The van der Waals surface area contributed by atoms with Crippen molar-refractivity contribution in [2.45, 2.75) is 6.61 Å². The highest BCUT2D eigenvalue weighted by Gasteiger charge is 2.17. The molecule has 0 spiro atoms. The Hall–Kier alpha value is -1.69. The van der Waals surface area contributed by atoms with Crippen LogP contribution in [0.1, 0.15) is 10.4 Å². The molecule has 1 rings (SSSR count). The van der Waals surface area contributed by atoms with Crippen LogP contribution in [0.15, 0.2) is 24.3 Å². The minimum atomic E-state index is -2.95. The standard InChI is InChI=1S/C11H14F2N2O2/c1-15(7-6-14)10(16)8-4-2-3-5-9(8)17-11(12)13/h2-5,11H,6-7,14H2,1H3. The molecule has 0 unspecified atom stereocenters. The summed E-state index contributed by atoms with van der Waals surface area (Å²) in [6, 6.07) is 5.88. The summed E-state index contributed by atoms with van der Waals surface area (Å²) in [5, 5.41) is 0. The number of alkyl halides is 2. The number of likely N-dealkylation sites (N-methyl/N-ethyl adjacent to an activating group) is 1. The van der Waals surface area contributed by atoms with Crippen molar-refractivity contribution in [3.8, 4) is 5.75 Å². The minimum Gasteiger partial charge on any atom is -0.434 e. The Morgan fingerprint density at radius 2 is 2.12 bits per heavy atom. The number of amides is 1. The van der Waals surface area contributed by atoms with Crippen molar-refractivity contribution in [3.63, 3.8) is 0 Å². The monoisotopic (exact) mass is 244 g/mol. The fourth-order valence-electron chi connectivity index (χ4n) is 1.34. The highest BCUT2D eigenvalue weighted by Crippen LogP contribution is 2.21. The summed E-state index contributed by atoms with van der Waals surface area (Å²) in [7, 11) is 1.55. The van der Waals surface area contributed by atoms with E-state index in [1.807, 2.05) is 0 Å². The topological polar surface area (TPSA) is 55.6 Å². The van der Waals surface area contributed by atoms with Crippen molar-refractivity contribution >= 4 is 5.91 Å². The molecule has 0 radical (unpaired) electrons. The number of para-hydroxylation sites is 1. The van der Waals surface area contributed by atoms with Crippen LogP contribution in [0.2, 0.25) is 0 Å². The van der Waals surface area contributed by atoms with Crippen molar-refractivity contribution in [2.24, 2.45) is 5.73 Å². The van der Waals surface area contributed by atoms with Gasteiger partial charge in [-0.1, -0.05) is 12.1 Å². The van der Waals surface area contributed by atoms with Gasteiger partial charge in [0.1, 0.15) is 5.75 Å². The molecule has 0 aliphatic rings. The first kappa shape index (κ1) is 13.4. The predicted octanol–water partition coefficient (Wildman–Crippen LogP) is 1.32. The molecule has 94 valence electrons. The quantitative estimate of drug-likeness (QED) is 0.849. The molecule has 0 fully saturated rings. The van der Waals surface area contributed by atoms with Gasteiger partial charge in [0.2, 0.25) is 0 Å². The van der Waals surface area contributed by atoms with Crippen LogP contribution < -0.4 is 10.5 Å². The third-order valence-corrected chi connectivity index (χ3v) is 2.14. The van der Waals surface area contributed by atoms with Gasteiger partial charge in [0, 0.05) is 20.1 Å². The van der Waals surface area contributed by atoms with Crippen LogP contribution in [0.5, 0.6) is 5.75 Å². The van der Waals surface area contributed by atoms with Crippen LogP contribution in [0.4, 0.5) is 8.78 Å². The summed E-state index contributed by atoms with van der Waals surface area (Å²) in [6.45, 7) is -2.30. The number of nitrogens with two attached hydrogens (primary N) is 1. The maximum atomic E-state index is 12.1. The van der Waals surface area contributed by atoms with E-state index in [9.17, 15) is 13.6 Å². The summed E-state index contributed by atoms with van der Waals surface area (Å²) in [5.74, 6) is -0.525. The Kier molecular flexibility index (Phi) is 4.84. The zero-order valence-corrected chi connectivity index (χ0v) is 9.40. The molecule has 2 N–H and O–H groups in total. The maximum absolute atomic E-state index is 12.1. The predicted molar refractivity (Wildman–Crippen MR) is 59.1 cm³/mol. The van der Waals surface area contributed by atoms with Crippen LogP contribution in [-0.4, -0.2) is 37.6 Å². The number of nitrogens with zero attached hydrogens (tertiary/aromatic N) is 1. The Balaban J connectivity index is 2.92. The maximum Gasteiger partial charge on any atom is 0.387 e. The average molecular weight is 244 g/mol. The second kappa shape index (κ2) is 6.15. The van der Waals surface area contributed by atoms with Gasteiger partial charge in [0.05, 0.1) is 5.56 Å². The van der Waals surface area contributed by atoms with Gasteiger partial charge in [0.15, 0.2) is 0 Å². The SMILES string of the molecule is CN(CCN)C(=O)c1ccccc1OC(F)F. The second-order valence-corrected chi connectivity index (χ2v) is 3.39. The molecule has 0 aliphatic carbocycles. The molecule has 0 saturated carbocycles. The first-order valence-corrected chi connectivity index (χ1v) is 5.05. The summed E-state index contributed by atoms with van der Waals surface area (Å²) < 4.78 is 28.6. The van der Waals surface area contributed by atoms with E-state index in [4.69, 9.17) is 5.73 Å². The highest BCUT2D eigenvalue weighted by molar-refractivity contribution is 5.96. The van der Waals surface area contributed by atoms with E-state index in [1.165, 1.54) is 23.1 Å². The lowest BCUT2D eigenvalue weighted by Gasteiger charge is -2.18. The zero-order valence-electron chi connectivity index (χ0n) is 9.40. The van der Waals surface area contributed by atoms with E-state index in [1.54, 1.807) is 13.1 Å². The molecule has 0 atom stereocenters. The van der Waals surface area contributed by atoms with Crippen LogP contribution in [0, 0.1) is 0 Å². The van der Waals surface area contributed by atoms with Crippen LogP contribution in [0.25, 0.3) is 0 Å². The van der Waals surface area contributed by atoms with Crippen molar-refractivity contribution in [1.29, 1.82) is 0 Å². The zero-order chi connectivity index (χ0) is 12.8. The Morgan fingerprint density at radius 1 is 1.47 bits per heavy atom. The van der Waals surface area contributed by atoms with Crippen molar-refractivity contribution in [2.75, 3.05) is 20.1 Å².